The van der Waals surface area contributed by atoms with Crippen LogP contribution in [-0.4, -0.2) is 75.5 Å². The molecule has 118 valence electrons. The number of rotatable bonds is 6. The van der Waals surface area contributed by atoms with Crippen LogP contribution in [0, 0.1) is 5.41 Å². The fraction of sp³-hybridized carbons (Fsp3) is 1.00. The zero-order chi connectivity index (χ0) is 14.4. The monoisotopic (exact) mass is 284 g/mol. The van der Waals surface area contributed by atoms with Crippen molar-refractivity contribution in [2.75, 3.05) is 59.6 Å². The van der Waals surface area contributed by atoms with Gasteiger partial charge in [0.15, 0.2) is 0 Å². The van der Waals surface area contributed by atoms with Crippen LogP contribution in [0.2, 0.25) is 0 Å². The van der Waals surface area contributed by atoms with Crippen molar-refractivity contribution in [3.8, 4) is 0 Å². The lowest BCUT2D eigenvalue weighted by Gasteiger charge is -2.38. The van der Waals surface area contributed by atoms with Gasteiger partial charge in [-0.15, -0.1) is 0 Å². The molecule has 0 spiro atoms. The number of nitrogens with zero attached hydrogens (tertiary/aromatic N) is 2. The highest BCUT2D eigenvalue weighted by Gasteiger charge is 2.26. The average Bonchev–Trinajstić information content (AvgIpc) is 2.39. The third-order valence-corrected chi connectivity index (χ3v) is 4.24. The van der Waals surface area contributed by atoms with Gasteiger partial charge in [-0.3, -0.25) is 4.90 Å². The normalized spacial score (nSPS) is 26.1. The molecule has 2 fully saturated rings. The fourth-order valence-corrected chi connectivity index (χ4v) is 3.51. The molecule has 0 aromatic carbocycles. The molecule has 0 saturated carbocycles. The number of ether oxygens (including phenoxy) is 2. The van der Waals surface area contributed by atoms with E-state index in [0.717, 1.165) is 52.5 Å². The molecule has 2 rings (SSSR count). The maximum absolute atomic E-state index is 5.84. The first-order valence-corrected chi connectivity index (χ1v) is 8.15. The highest BCUT2D eigenvalue weighted by Crippen LogP contribution is 2.20. The van der Waals surface area contributed by atoms with Gasteiger partial charge in [0.25, 0.3) is 0 Å². The quantitative estimate of drug-likeness (QED) is 0.743. The number of morpholine rings is 1. The Morgan fingerprint density at radius 3 is 2.55 bits per heavy atom. The summed E-state index contributed by atoms with van der Waals surface area (Å²) < 4.78 is 11.3. The molecule has 0 amide bonds. The van der Waals surface area contributed by atoms with Gasteiger partial charge in [0.2, 0.25) is 0 Å². The molecule has 2 heterocycles. The van der Waals surface area contributed by atoms with Gasteiger partial charge < -0.3 is 14.4 Å². The first-order chi connectivity index (χ1) is 9.55. The molecule has 2 aliphatic rings. The summed E-state index contributed by atoms with van der Waals surface area (Å²) in [6, 6.07) is 0. The Morgan fingerprint density at radius 2 is 1.90 bits per heavy atom. The molecule has 0 aromatic heterocycles. The zero-order valence-electron chi connectivity index (χ0n) is 13.6. The second-order valence-electron chi connectivity index (χ2n) is 7.24. The minimum atomic E-state index is 0.320. The molecule has 0 bridgehead atoms. The molecule has 0 radical (unpaired) electrons. The van der Waals surface area contributed by atoms with E-state index in [0.29, 0.717) is 11.5 Å². The van der Waals surface area contributed by atoms with E-state index in [1.54, 1.807) is 0 Å². The van der Waals surface area contributed by atoms with E-state index in [2.05, 4.69) is 30.7 Å². The molecule has 0 aromatic rings. The van der Waals surface area contributed by atoms with E-state index < -0.39 is 0 Å². The van der Waals surface area contributed by atoms with Crippen molar-refractivity contribution in [3.05, 3.63) is 0 Å². The summed E-state index contributed by atoms with van der Waals surface area (Å²) in [5.74, 6) is 0. The first kappa shape index (κ1) is 16.2. The average molecular weight is 284 g/mol. The molecular formula is C16H32N2O2. The summed E-state index contributed by atoms with van der Waals surface area (Å²) in [6.45, 7) is 13.0. The number of likely N-dealkylation sites (N-methyl/N-ethyl adjacent to an activating group) is 1. The van der Waals surface area contributed by atoms with Gasteiger partial charge in [-0.25, -0.2) is 0 Å². The number of hydrogen-bond acceptors (Lipinski definition) is 4. The van der Waals surface area contributed by atoms with Crippen LogP contribution < -0.4 is 0 Å². The van der Waals surface area contributed by atoms with Crippen LogP contribution in [0.3, 0.4) is 0 Å². The van der Waals surface area contributed by atoms with Crippen molar-refractivity contribution < 1.29 is 9.47 Å². The van der Waals surface area contributed by atoms with Crippen molar-refractivity contribution >= 4 is 0 Å². The topological polar surface area (TPSA) is 24.9 Å². The molecule has 2 saturated heterocycles. The van der Waals surface area contributed by atoms with Crippen LogP contribution in [-0.2, 0) is 9.47 Å². The van der Waals surface area contributed by atoms with Crippen LogP contribution in [0.15, 0.2) is 0 Å². The van der Waals surface area contributed by atoms with Crippen LogP contribution in [0.25, 0.3) is 0 Å². The highest BCUT2D eigenvalue weighted by atomic mass is 16.5. The summed E-state index contributed by atoms with van der Waals surface area (Å²) in [6.07, 6.45) is 4.25. The maximum atomic E-state index is 5.84. The van der Waals surface area contributed by atoms with Gasteiger partial charge in [-0.1, -0.05) is 13.8 Å². The van der Waals surface area contributed by atoms with Crippen molar-refractivity contribution in [3.63, 3.8) is 0 Å². The van der Waals surface area contributed by atoms with E-state index in [1.807, 2.05) is 0 Å². The molecule has 4 nitrogen and oxygen atoms in total. The summed E-state index contributed by atoms with van der Waals surface area (Å²) in [4.78, 5) is 4.99. The zero-order valence-corrected chi connectivity index (χ0v) is 13.6. The van der Waals surface area contributed by atoms with Crippen molar-refractivity contribution in [1.82, 2.24) is 9.80 Å². The molecule has 4 heteroatoms. The van der Waals surface area contributed by atoms with Crippen molar-refractivity contribution in [2.24, 2.45) is 5.41 Å². The maximum Gasteiger partial charge on any atom is 0.0701 e. The first-order valence-electron chi connectivity index (χ1n) is 8.15. The molecule has 0 aliphatic carbocycles. The van der Waals surface area contributed by atoms with E-state index in [9.17, 15) is 0 Å². The Hall–Kier alpha value is -0.160. The highest BCUT2D eigenvalue weighted by molar-refractivity contribution is 4.79. The van der Waals surface area contributed by atoms with E-state index >= 15 is 0 Å². The second kappa shape index (κ2) is 7.74. The Morgan fingerprint density at radius 1 is 1.15 bits per heavy atom. The lowest BCUT2D eigenvalue weighted by Crippen LogP contribution is -2.46. The summed E-state index contributed by atoms with van der Waals surface area (Å²) in [5.41, 5.74) is 0.320. The van der Waals surface area contributed by atoms with Gasteiger partial charge in [0.05, 0.1) is 19.3 Å². The Balaban J connectivity index is 1.71. The van der Waals surface area contributed by atoms with Crippen LogP contribution in [0.1, 0.15) is 33.1 Å². The largest absolute Gasteiger partial charge is 0.379 e. The lowest BCUT2D eigenvalue weighted by atomic mass is 9.91. The van der Waals surface area contributed by atoms with Gasteiger partial charge >= 0.3 is 0 Å². The van der Waals surface area contributed by atoms with Crippen molar-refractivity contribution in [1.29, 1.82) is 0 Å². The summed E-state index contributed by atoms with van der Waals surface area (Å²) >= 11 is 0. The Bertz CT molecular complexity index is 272. The number of hydrogen-bond donors (Lipinski definition) is 0. The standard InChI is InChI=1S/C16H32N2O2/c1-16(2,14-18-7-10-19-11-8-18)13-17(3)12-15-6-4-5-9-20-15/h15H,4-14H2,1-3H3. The van der Waals surface area contributed by atoms with Crippen LogP contribution in [0.4, 0.5) is 0 Å². The van der Waals surface area contributed by atoms with Gasteiger partial charge in [-0.05, 0) is 31.7 Å². The third-order valence-electron chi connectivity index (χ3n) is 4.24. The molecule has 0 N–H and O–H groups in total. The van der Waals surface area contributed by atoms with E-state index in [4.69, 9.17) is 9.47 Å². The van der Waals surface area contributed by atoms with E-state index in [-0.39, 0.29) is 0 Å². The molecular weight excluding hydrogens is 252 g/mol. The smallest absolute Gasteiger partial charge is 0.0701 e. The fourth-order valence-electron chi connectivity index (χ4n) is 3.51. The molecule has 1 atom stereocenters. The predicted octanol–water partition coefficient (Wildman–Crippen LogP) is 1.85. The second-order valence-corrected chi connectivity index (χ2v) is 7.24. The third kappa shape index (κ3) is 5.68. The van der Waals surface area contributed by atoms with E-state index in [1.165, 1.54) is 19.3 Å². The summed E-state index contributed by atoms with van der Waals surface area (Å²) in [7, 11) is 2.24. The Kier molecular flexibility index (Phi) is 6.27. The minimum absolute atomic E-state index is 0.320. The SMILES string of the molecule is CN(CC1CCCCO1)CC(C)(C)CN1CCOCC1. The summed E-state index contributed by atoms with van der Waals surface area (Å²) in [5, 5.41) is 0. The van der Waals surface area contributed by atoms with Gasteiger partial charge in [0.1, 0.15) is 0 Å². The van der Waals surface area contributed by atoms with Gasteiger partial charge in [0, 0.05) is 39.3 Å². The van der Waals surface area contributed by atoms with Gasteiger partial charge in [-0.2, -0.15) is 0 Å². The van der Waals surface area contributed by atoms with Crippen molar-refractivity contribution in [2.45, 2.75) is 39.2 Å². The van der Waals surface area contributed by atoms with Crippen LogP contribution >= 0.6 is 0 Å². The molecule has 20 heavy (non-hydrogen) atoms. The predicted molar refractivity (Wildman–Crippen MR) is 82.1 cm³/mol. The Labute approximate surface area is 124 Å². The lowest BCUT2D eigenvalue weighted by molar-refractivity contribution is -0.0127. The molecule has 1 unspecified atom stereocenters. The minimum Gasteiger partial charge on any atom is -0.379 e. The molecule has 2 aliphatic heterocycles. The van der Waals surface area contributed by atoms with Crippen LogP contribution in [0.5, 0.6) is 0 Å².